The third kappa shape index (κ3) is 2.91. The van der Waals surface area contributed by atoms with E-state index in [-0.39, 0.29) is 5.02 Å². The van der Waals surface area contributed by atoms with Crippen molar-refractivity contribution in [3.63, 3.8) is 0 Å². The number of anilines is 1. The molecule has 0 bridgehead atoms. The largest absolute Gasteiger partial charge is 0.354 e. The zero-order valence-electron chi connectivity index (χ0n) is 9.27. The molecular formula is C12H11ClFN3. The van der Waals surface area contributed by atoms with Crippen LogP contribution in [0.1, 0.15) is 5.56 Å². The molecule has 1 heterocycles. The van der Waals surface area contributed by atoms with E-state index >= 15 is 0 Å². The Morgan fingerprint density at radius 1 is 1.35 bits per heavy atom. The Hall–Kier alpha value is -1.68. The highest BCUT2D eigenvalue weighted by Gasteiger charge is 2.05. The number of nitrogens with zero attached hydrogens (tertiary/aromatic N) is 3. The minimum Gasteiger partial charge on any atom is -0.354 e. The molecule has 0 unspecified atom stereocenters. The molecule has 0 atom stereocenters. The summed E-state index contributed by atoms with van der Waals surface area (Å²) in [6.07, 6.45) is 4.89. The smallest absolute Gasteiger partial charge is 0.147 e. The van der Waals surface area contributed by atoms with Gasteiger partial charge in [0.05, 0.1) is 11.2 Å². The van der Waals surface area contributed by atoms with E-state index in [1.807, 2.05) is 11.9 Å². The van der Waals surface area contributed by atoms with Crippen LogP contribution in [0.3, 0.4) is 0 Å². The van der Waals surface area contributed by atoms with Gasteiger partial charge in [-0.15, -0.1) is 0 Å². The van der Waals surface area contributed by atoms with Crippen LogP contribution in [0, 0.1) is 5.82 Å². The quantitative estimate of drug-likeness (QED) is 0.840. The summed E-state index contributed by atoms with van der Waals surface area (Å²) in [5.74, 6) is 0.333. The summed E-state index contributed by atoms with van der Waals surface area (Å²) in [6.45, 7) is 0.548. The predicted molar refractivity (Wildman–Crippen MR) is 65.5 cm³/mol. The zero-order chi connectivity index (χ0) is 12.3. The Morgan fingerprint density at radius 3 is 2.82 bits per heavy atom. The molecule has 0 aliphatic carbocycles. The first-order valence-corrected chi connectivity index (χ1v) is 5.45. The molecule has 0 saturated carbocycles. The number of hydrogen-bond acceptors (Lipinski definition) is 3. The maximum absolute atomic E-state index is 13.3. The molecule has 0 aliphatic heterocycles. The molecule has 0 spiro atoms. The fourth-order valence-corrected chi connectivity index (χ4v) is 1.60. The Kier molecular flexibility index (Phi) is 3.54. The van der Waals surface area contributed by atoms with E-state index in [2.05, 4.69) is 9.97 Å². The van der Waals surface area contributed by atoms with Crippen molar-refractivity contribution >= 4 is 17.4 Å². The Bertz CT molecular complexity index is 504. The number of hydrogen-bond donors (Lipinski definition) is 0. The second-order valence-electron chi connectivity index (χ2n) is 3.67. The van der Waals surface area contributed by atoms with Crippen molar-refractivity contribution < 1.29 is 4.39 Å². The fraction of sp³-hybridized carbons (Fsp3) is 0.167. The van der Waals surface area contributed by atoms with E-state index in [9.17, 15) is 4.39 Å². The molecule has 88 valence electrons. The maximum Gasteiger partial charge on any atom is 0.147 e. The molecule has 1 aromatic heterocycles. The van der Waals surface area contributed by atoms with Gasteiger partial charge >= 0.3 is 0 Å². The summed E-state index contributed by atoms with van der Waals surface area (Å²) >= 11 is 5.62. The van der Waals surface area contributed by atoms with Gasteiger partial charge in [-0.3, -0.25) is 4.98 Å². The predicted octanol–water partition coefficient (Wildman–Crippen LogP) is 2.91. The normalized spacial score (nSPS) is 10.3. The van der Waals surface area contributed by atoms with Gasteiger partial charge in [-0.05, 0) is 17.7 Å². The highest BCUT2D eigenvalue weighted by Crippen LogP contribution is 2.17. The van der Waals surface area contributed by atoms with Gasteiger partial charge < -0.3 is 4.90 Å². The molecule has 3 nitrogen and oxygen atoms in total. The molecular weight excluding hydrogens is 241 g/mol. The second kappa shape index (κ2) is 5.10. The van der Waals surface area contributed by atoms with E-state index < -0.39 is 5.82 Å². The minimum absolute atomic E-state index is 0.135. The third-order valence-corrected chi connectivity index (χ3v) is 2.65. The lowest BCUT2D eigenvalue weighted by molar-refractivity contribution is 0.625. The molecule has 17 heavy (non-hydrogen) atoms. The molecule has 0 saturated heterocycles. The first-order valence-electron chi connectivity index (χ1n) is 5.08. The van der Waals surface area contributed by atoms with Crippen molar-refractivity contribution in [1.82, 2.24) is 9.97 Å². The van der Waals surface area contributed by atoms with Crippen LogP contribution in [0.25, 0.3) is 0 Å². The summed E-state index contributed by atoms with van der Waals surface area (Å²) in [4.78, 5) is 10.0. The molecule has 0 N–H and O–H groups in total. The molecule has 1 aromatic carbocycles. The van der Waals surface area contributed by atoms with Crippen LogP contribution in [0.2, 0.25) is 5.02 Å². The standard InChI is InChI=1S/C12H11ClFN3/c1-17(12-7-15-4-5-16-12)8-9-2-3-10(13)11(14)6-9/h2-7H,8H2,1H3. The summed E-state index contributed by atoms with van der Waals surface area (Å²) in [7, 11) is 1.87. The summed E-state index contributed by atoms with van der Waals surface area (Å²) in [6, 6.07) is 4.77. The topological polar surface area (TPSA) is 29.0 Å². The van der Waals surface area contributed by atoms with E-state index in [1.165, 1.54) is 6.07 Å². The lowest BCUT2D eigenvalue weighted by Crippen LogP contribution is -2.17. The van der Waals surface area contributed by atoms with Crippen molar-refractivity contribution in [3.8, 4) is 0 Å². The summed E-state index contributed by atoms with van der Waals surface area (Å²) in [5, 5.41) is 0.135. The molecule has 0 fully saturated rings. The van der Waals surface area contributed by atoms with Crippen LogP contribution >= 0.6 is 11.6 Å². The highest BCUT2D eigenvalue weighted by atomic mass is 35.5. The van der Waals surface area contributed by atoms with Crippen LogP contribution in [-0.4, -0.2) is 17.0 Å². The van der Waals surface area contributed by atoms with Crippen molar-refractivity contribution in [3.05, 3.63) is 53.2 Å². The monoisotopic (exact) mass is 251 g/mol. The van der Waals surface area contributed by atoms with Gasteiger partial charge in [-0.25, -0.2) is 9.37 Å². The van der Waals surface area contributed by atoms with Gasteiger partial charge in [0, 0.05) is 26.0 Å². The van der Waals surface area contributed by atoms with E-state index in [0.717, 1.165) is 11.4 Å². The van der Waals surface area contributed by atoms with Crippen LogP contribution in [0.15, 0.2) is 36.8 Å². The molecule has 0 aliphatic rings. The van der Waals surface area contributed by atoms with Gasteiger partial charge in [-0.1, -0.05) is 17.7 Å². The van der Waals surface area contributed by atoms with Crippen molar-refractivity contribution in [2.75, 3.05) is 11.9 Å². The molecule has 2 rings (SSSR count). The SMILES string of the molecule is CN(Cc1ccc(Cl)c(F)c1)c1cnccn1. The van der Waals surface area contributed by atoms with Crippen LogP contribution in [0.4, 0.5) is 10.2 Å². The maximum atomic E-state index is 13.3. The molecule has 0 radical (unpaired) electrons. The fourth-order valence-electron chi connectivity index (χ4n) is 1.48. The minimum atomic E-state index is -0.406. The van der Waals surface area contributed by atoms with Crippen LogP contribution < -0.4 is 4.90 Å². The van der Waals surface area contributed by atoms with E-state index in [1.54, 1.807) is 30.7 Å². The average molecular weight is 252 g/mol. The summed E-state index contributed by atoms with van der Waals surface area (Å²) in [5.41, 5.74) is 0.833. The van der Waals surface area contributed by atoms with Crippen molar-refractivity contribution in [2.24, 2.45) is 0 Å². The van der Waals surface area contributed by atoms with Gasteiger partial charge in [0.15, 0.2) is 0 Å². The Labute approximate surface area is 104 Å². The van der Waals surface area contributed by atoms with Crippen molar-refractivity contribution in [2.45, 2.75) is 6.54 Å². The van der Waals surface area contributed by atoms with Crippen LogP contribution in [-0.2, 0) is 6.54 Å². The lowest BCUT2D eigenvalue weighted by atomic mass is 10.2. The average Bonchev–Trinajstić information content (AvgIpc) is 2.35. The molecule has 2 aromatic rings. The number of aromatic nitrogens is 2. The molecule has 5 heteroatoms. The van der Waals surface area contributed by atoms with Crippen LogP contribution in [0.5, 0.6) is 0 Å². The highest BCUT2D eigenvalue weighted by molar-refractivity contribution is 6.30. The Morgan fingerprint density at radius 2 is 2.18 bits per heavy atom. The number of benzene rings is 1. The summed E-state index contributed by atoms with van der Waals surface area (Å²) < 4.78 is 13.3. The van der Waals surface area contributed by atoms with E-state index in [4.69, 9.17) is 11.6 Å². The third-order valence-electron chi connectivity index (χ3n) is 2.34. The van der Waals surface area contributed by atoms with Gasteiger partial charge in [-0.2, -0.15) is 0 Å². The first kappa shape index (κ1) is 11.8. The second-order valence-corrected chi connectivity index (χ2v) is 4.08. The van der Waals surface area contributed by atoms with E-state index in [0.29, 0.717) is 6.54 Å². The zero-order valence-corrected chi connectivity index (χ0v) is 10.0. The van der Waals surface area contributed by atoms with Crippen molar-refractivity contribution in [1.29, 1.82) is 0 Å². The first-order chi connectivity index (χ1) is 8.16. The van der Waals surface area contributed by atoms with Gasteiger partial charge in [0.25, 0.3) is 0 Å². The van der Waals surface area contributed by atoms with Gasteiger partial charge in [0.2, 0.25) is 0 Å². The molecule has 0 amide bonds. The van der Waals surface area contributed by atoms with Gasteiger partial charge in [0.1, 0.15) is 11.6 Å². The number of rotatable bonds is 3. The Balaban J connectivity index is 2.13. The lowest BCUT2D eigenvalue weighted by Gasteiger charge is -2.17. The number of halogens is 2.